The Morgan fingerprint density at radius 3 is 1.50 bits per heavy atom. The Morgan fingerprint density at radius 1 is 0.800 bits per heavy atom. The summed E-state index contributed by atoms with van der Waals surface area (Å²) < 4.78 is 0. The van der Waals surface area contributed by atoms with E-state index >= 15 is 0 Å². The zero-order chi connectivity index (χ0) is 14.3. The molecule has 0 aromatic carbocycles. The number of nitrogens with zero attached hydrogens (tertiary/aromatic N) is 2. The molecule has 0 aliphatic carbocycles. The summed E-state index contributed by atoms with van der Waals surface area (Å²) in [7, 11) is 0. The molecular formula is C16H16N2O2. The van der Waals surface area contributed by atoms with E-state index in [0.29, 0.717) is 11.1 Å². The van der Waals surface area contributed by atoms with E-state index in [2.05, 4.69) is 0 Å². The summed E-state index contributed by atoms with van der Waals surface area (Å²) in [6.45, 7) is 7.93. The van der Waals surface area contributed by atoms with Crippen molar-refractivity contribution in [2.45, 2.75) is 39.8 Å². The summed E-state index contributed by atoms with van der Waals surface area (Å²) in [6.07, 6.45) is 4.09. The maximum atomic E-state index is 12.8. The van der Waals surface area contributed by atoms with Crippen LogP contribution >= 0.6 is 0 Å². The monoisotopic (exact) mass is 268 g/mol. The van der Waals surface area contributed by atoms with Crippen molar-refractivity contribution in [1.29, 1.82) is 0 Å². The lowest BCUT2D eigenvalue weighted by atomic mass is 10.0. The molecule has 2 amide bonds. The summed E-state index contributed by atoms with van der Waals surface area (Å²) in [5.41, 5.74) is 4.93. The van der Waals surface area contributed by atoms with Crippen LogP contribution in [0.5, 0.6) is 0 Å². The van der Waals surface area contributed by atoms with Crippen LogP contribution in [-0.4, -0.2) is 33.7 Å². The van der Waals surface area contributed by atoms with E-state index in [1.807, 2.05) is 39.8 Å². The predicted octanol–water partition coefficient (Wildman–Crippen LogP) is 1.88. The van der Waals surface area contributed by atoms with E-state index in [4.69, 9.17) is 0 Å². The van der Waals surface area contributed by atoms with Gasteiger partial charge in [-0.1, -0.05) is 12.2 Å². The molecule has 4 nitrogen and oxygen atoms in total. The average Bonchev–Trinajstić information content (AvgIpc) is 2.99. The molecule has 0 saturated heterocycles. The van der Waals surface area contributed by atoms with Gasteiger partial charge in [0.2, 0.25) is 0 Å². The molecule has 4 heteroatoms. The summed E-state index contributed by atoms with van der Waals surface area (Å²) in [5, 5.41) is 0. The second kappa shape index (κ2) is 3.32. The molecule has 0 aromatic heterocycles. The van der Waals surface area contributed by atoms with Gasteiger partial charge in [0.1, 0.15) is 0 Å². The van der Waals surface area contributed by atoms with Gasteiger partial charge in [0.25, 0.3) is 11.8 Å². The highest BCUT2D eigenvalue weighted by molar-refractivity contribution is 6.21. The number of allylic oxidation sites excluding steroid dienone is 2. The third-order valence-corrected chi connectivity index (χ3v) is 4.61. The van der Waals surface area contributed by atoms with Crippen molar-refractivity contribution in [1.82, 2.24) is 9.80 Å². The van der Waals surface area contributed by atoms with Crippen LogP contribution in [0.3, 0.4) is 0 Å². The number of fused-ring (bicyclic) bond motifs is 3. The van der Waals surface area contributed by atoms with Crippen molar-refractivity contribution in [2.24, 2.45) is 0 Å². The molecule has 4 aliphatic rings. The van der Waals surface area contributed by atoms with E-state index in [1.165, 1.54) is 0 Å². The zero-order valence-electron chi connectivity index (χ0n) is 12.0. The van der Waals surface area contributed by atoms with Crippen molar-refractivity contribution in [3.8, 4) is 0 Å². The third kappa shape index (κ3) is 1.05. The Balaban J connectivity index is 2.03. The molecule has 0 bridgehead atoms. The number of hydrogen-bond acceptors (Lipinski definition) is 2. The summed E-state index contributed by atoms with van der Waals surface area (Å²) >= 11 is 0. The summed E-state index contributed by atoms with van der Waals surface area (Å²) in [6, 6.07) is 0.0705. The molecule has 4 heterocycles. The van der Waals surface area contributed by atoms with Gasteiger partial charge in [-0.15, -0.1) is 0 Å². The van der Waals surface area contributed by atoms with Crippen molar-refractivity contribution < 1.29 is 9.59 Å². The highest BCUT2D eigenvalue weighted by Gasteiger charge is 2.53. The summed E-state index contributed by atoms with van der Waals surface area (Å²) in [5.74, 6) is -0.0494. The largest absolute Gasteiger partial charge is 0.301 e. The predicted molar refractivity (Wildman–Crippen MR) is 74.2 cm³/mol. The maximum Gasteiger partial charge on any atom is 0.261 e. The van der Waals surface area contributed by atoms with E-state index in [-0.39, 0.29) is 23.9 Å². The highest BCUT2D eigenvalue weighted by atomic mass is 16.2. The minimum atomic E-state index is -0.0247. The van der Waals surface area contributed by atoms with Crippen LogP contribution in [0.15, 0.2) is 45.8 Å². The van der Waals surface area contributed by atoms with Crippen molar-refractivity contribution in [3.63, 3.8) is 0 Å². The maximum absolute atomic E-state index is 12.8. The van der Waals surface area contributed by atoms with Crippen molar-refractivity contribution in [2.75, 3.05) is 0 Å². The lowest BCUT2D eigenvalue weighted by Crippen LogP contribution is -2.33. The quantitative estimate of drug-likeness (QED) is 0.673. The van der Waals surface area contributed by atoms with Crippen LogP contribution in [-0.2, 0) is 9.59 Å². The first-order valence-electron chi connectivity index (χ1n) is 6.97. The standard InChI is InChI=1S/C16H16N2O2/c1-7-5-9(3)17-13(7)11-12(16(17)20)14-8(2)6-10(4)18(14)15(11)19/h5-6,9-10H,1-4H3. The number of amides is 2. The van der Waals surface area contributed by atoms with Crippen LogP contribution in [0.1, 0.15) is 27.7 Å². The molecule has 4 aliphatic heterocycles. The Labute approximate surface area is 117 Å². The van der Waals surface area contributed by atoms with Gasteiger partial charge in [0.15, 0.2) is 0 Å². The Bertz CT molecular complexity index is 659. The van der Waals surface area contributed by atoms with E-state index in [9.17, 15) is 9.59 Å². The normalized spacial score (nSPS) is 31.2. The zero-order valence-corrected chi connectivity index (χ0v) is 12.0. The molecule has 0 N–H and O–H groups in total. The fourth-order valence-electron chi connectivity index (χ4n) is 3.92. The van der Waals surface area contributed by atoms with Crippen LogP contribution in [0.4, 0.5) is 0 Å². The van der Waals surface area contributed by atoms with Crippen molar-refractivity contribution >= 4 is 11.8 Å². The lowest BCUT2D eigenvalue weighted by molar-refractivity contribution is -0.125. The number of hydrogen-bond donors (Lipinski definition) is 0. The van der Waals surface area contributed by atoms with Gasteiger partial charge in [-0.25, -0.2) is 0 Å². The van der Waals surface area contributed by atoms with Crippen LogP contribution < -0.4 is 0 Å². The van der Waals surface area contributed by atoms with Gasteiger partial charge < -0.3 is 9.80 Å². The third-order valence-electron chi connectivity index (χ3n) is 4.61. The van der Waals surface area contributed by atoms with Crippen molar-refractivity contribution in [3.05, 3.63) is 45.8 Å². The van der Waals surface area contributed by atoms with Crippen LogP contribution in [0.25, 0.3) is 0 Å². The number of carbonyl (C=O) groups excluding carboxylic acids is 2. The smallest absolute Gasteiger partial charge is 0.261 e. The Kier molecular flexibility index (Phi) is 1.94. The molecule has 2 atom stereocenters. The van der Waals surface area contributed by atoms with Crippen LogP contribution in [0.2, 0.25) is 0 Å². The Morgan fingerprint density at radius 2 is 1.15 bits per heavy atom. The number of rotatable bonds is 0. The molecule has 2 unspecified atom stereocenters. The number of carbonyl (C=O) groups is 2. The molecule has 20 heavy (non-hydrogen) atoms. The van der Waals surface area contributed by atoms with Crippen LogP contribution in [0, 0.1) is 0 Å². The molecule has 0 radical (unpaired) electrons. The second-order valence-electron chi connectivity index (χ2n) is 5.98. The highest BCUT2D eigenvalue weighted by Crippen LogP contribution is 2.49. The van der Waals surface area contributed by atoms with Gasteiger partial charge in [-0.2, -0.15) is 0 Å². The molecule has 0 spiro atoms. The van der Waals surface area contributed by atoms with Gasteiger partial charge in [0.05, 0.1) is 34.6 Å². The van der Waals surface area contributed by atoms with Gasteiger partial charge in [-0.3, -0.25) is 9.59 Å². The topological polar surface area (TPSA) is 40.6 Å². The SMILES string of the molecule is CC1=CC(C)N2C(=O)C3=C4C(C)=CC(C)N4C(=O)C3=C12. The van der Waals surface area contributed by atoms with E-state index in [0.717, 1.165) is 22.5 Å². The summed E-state index contributed by atoms with van der Waals surface area (Å²) in [4.78, 5) is 29.0. The minimum absolute atomic E-state index is 0.0247. The van der Waals surface area contributed by atoms with E-state index in [1.54, 1.807) is 9.80 Å². The lowest BCUT2D eigenvalue weighted by Gasteiger charge is -2.22. The van der Waals surface area contributed by atoms with Gasteiger partial charge in [0, 0.05) is 0 Å². The first-order valence-corrected chi connectivity index (χ1v) is 6.97. The molecule has 4 rings (SSSR count). The fraction of sp³-hybridized carbons (Fsp3) is 0.375. The fourth-order valence-corrected chi connectivity index (χ4v) is 3.92. The minimum Gasteiger partial charge on any atom is -0.301 e. The Hall–Kier alpha value is -2.10. The molecular weight excluding hydrogens is 252 g/mol. The second-order valence-corrected chi connectivity index (χ2v) is 5.98. The average molecular weight is 268 g/mol. The molecule has 0 saturated carbocycles. The first kappa shape index (κ1) is 11.7. The molecule has 102 valence electrons. The van der Waals surface area contributed by atoms with E-state index < -0.39 is 0 Å². The van der Waals surface area contributed by atoms with Gasteiger partial charge >= 0.3 is 0 Å². The first-order chi connectivity index (χ1) is 9.43. The molecule has 0 aromatic rings. The van der Waals surface area contributed by atoms with Gasteiger partial charge in [-0.05, 0) is 38.8 Å². The molecule has 0 fully saturated rings.